The van der Waals surface area contributed by atoms with E-state index in [1.807, 2.05) is 31.2 Å². The third kappa shape index (κ3) is 4.22. The molecule has 1 heterocycles. The molecule has 0 aliphatic heterocycles. The number of halogens is 1. The lowest BCUT2D eigenvalue weighted by Gasteiger charge is -2.11. The zero-order valence-electron chi connectivity index (χ0n) is 11.8. The van der Waals surface area contributed by atoms with Crippen molar-refractivity contribution in [2.45, 2.75) is 13.5 Å². The Balaban J connectivity index is 2.01. The third-order valence-electron chi connectivity index (χ3n) is 2.78. The Morgan fingerprint density at radius 2 is 2.10 bits per heavy atom. The van der Waals surface area contributed by atoms with Crippen LogP contribution in [0, 0.1) is 0 Å². The van der Waals surface area contributed by atoms with Gasteiger partial charge in [0.1, 0.15) is 0 Å². The highest BCUT2D eigenvalue weighted by Gasteiger charge is 2.09. The van der Waals surface area contributed by atoms with Crippen molar-refractivity contribution in [1.29, 1.82) is 0 Å². The molecule has 1 aromatic carbocycles. The van der Waals surface area contributed by atoms with Gasteiger partial charge in [0.15, 0.2) is 11.5 Å². The van der Waals surface area contributed by atoms with Crippen LogP contribution in [0.2, 0.25) is 0 Å². The van der Waals surface area contributed by atoms with Gasteiger partial charge in [-0.15, -0.1) is 11.3 Å². The van der Waals surface area contributed by atoms with Gasteiger partial charge in [-0.3, -0.25) is 4.79 Å². The number of ether oxygens (including phenoxy) is 2. The number of rotatable bonds is 6. The van der Waals surface area contributed by atoms with Crippen molar-refractivity contribution in [3.8, 4) is 11.5 Å². The Bertz CT molecular complexity index is 627. The second-order valence-corrected chi connectivity index (χ2v) is 6.67. The number of methoxy groups -OCH3 is 1. The standard InChI is InChI=1S/C15H16BrNO3S/c1-3-20-11-5-4-10(8-12(11)19-2)9-17-15(18)13-6-7-14(16)21-13/h4-8H,3,9H2,1-2H3,(H,17,18). The molecule has 112 valence electrons. The predicted molar refractivity (Wildman–Crippen MR) is 87.4 cm³/mol. The van der Waals surface area contributed by atoms with Crippen molar-refractivity contribution < 1.29 is 14.3 Å². The molecule has 2 rings (SSSR count). The minimum absolute atomic E-state index is 0.0847. The molecule has 0 atom stereocenters. The normalized spacial score (nSPS) is 10.2. The van der Waals surface area contributed by atoms with E-state index in [-0.39, 0.29) is 5.91 Å². The number of hydrogen-bond donors (Lipinski definition) is 1. The number of amides is 1. The molecule has 0 bridgehead atoms. The molecule has 0 saturated carbocycles. The monoisotopic (exact) mass is 369 g/mol. The Labute approximate surface area is 136 Å². The van der Waals surface area contributed by atoms with Crippen LogP contribution >= 0.6 is 27.3 Å². The number of carbonyl (C=O) groups is 1. The van der Waals surface area contributed by atoms with E-state index < -0.39 is 0 Å². The predicted octanol–water partition coefficient (Wildman–Crippen LogP) is 3.85. The van der Waals surface area contributed by atoms with E-state index in [0.29, 0.717) is 29.5 Å². The first-order valence-corrected chi connectivity index (χ1v) is 8.08. The van der Waals surface area contributed by atoms with Crippen LogP contribution in [-0.2, 0) is 6.54 Å². The maximum atomic E-state index is 12.0. The summed E-state index contributed by atoms with van der Waals surface area (Å²) in [5.74, 6) is 1.29. The highest BCUT2D eigenvalue weighted by Crippen LogP contribution is 2.28. The summed E-state index contributed by atoms with van der Waals surface area (Å²) < 4.78 is 11.7. The summed E-state index contributed by atoms with van der Waals surface area (Å²) in [4.78, 5) is 12.7. The summed E-state index contributed by atoms with van der Waals surface area (Å²) in [6.45, 7) is 2.95. The number of thiophene rings is 1. The summed E-state index contributed by atoms with van der Waals surface area (Å²) in [6.07, 6.45) is 0. The third-order valence-corrected chi connectivity index (χ3v) is 4.40. The fraction of sp³-hybridized carbons (Fsp3) is 0.267. The van der Waals surface area contributed by atoms with Crippen LogP contribution in [0.15, 0.2) is 34.1 Å². The fourth-order valence-corrected chi connectivity index (χ4v) is 3.10. The molecule has 1 N–H and O–H groups in total. The van der Waals surface area contributed by atoms with E-state index in [2.05, 4.69) is 21.2 Å². The molecule has 0 unspecified atom stereocenters. The number of carbonyl (C=O) groups excluding carboxylic acids is 1. The molecule has 0 saturated heterocycles. The molecular formula is C15H16BrNO3S. The summed E-state index contributed by atoms with van der Waals surface area (Å²) in [5.41, 5.74) is 0.958. The van der Waals surface area contributed by atoms with Gasteiger partial charge in [0.2, 0.25) is 0 Å². The van der Waals surface area contributed by atoms with Crippen molar-refractivity contribution in [2.24, 2.45) is 0 Å². The second kappa shape index (κ2) is 7.47. The SMILES string of the molecule is CCOc1ccc(CNC(=O)c2ccc(Br)s2)cc1OC. The molecule has 4 nitrogen and oxygen atoms in total. The molecule has 0 fully saturated rings. The van der Waals surface area contributed by atoms with Crippen LogP contribution < -0.4 is 14.8 Å². The molecule has 1 aromatic heterocycles. The van der Waals surface area contributed by atoms with Crippen molar-refractivity contribution in [3.63, 3.8) is 0 Å². The summed E-state index contributed by atoms with van der Waals surface area (Å²) in [7, 11) is 1.60. The van der Waals surface area contributed by atoms with Gasteiger partial charge >= 0.3 is 0 Å². The van der Waals surface area contributed by atoms with Gasteiger partial charge < -0.3 is 14.8 Å². The Morgan fingerprint density at radius 1 is 1.29 bits per heavy atom. The van der Waals surface area contributed by atoms with Gasteiger partial charge in [-0.1, -0.05) is 6.07 Å². The maximum Gasteiger partial charge on any atom is 0.261 e. The quantitative estimate of drug-likeness (QED) is 0.840. The first kappa shape index (κ1) is 15.9. The highest BCUT2D eigenvalue weighted by atomic mass is 79.9. The maximum absolute atomic E-state index is 12.0. The molecule has 0 radical (unpaired) electrons. The lowest BCUT2D eigenvalue weighted by Crippen LogP contribution is -2.21. The van der Waals surface area contributed by atoms with Crippen LogP contribution in [0.5, 0.6) is 11.5 Å². The molecular weight excluding hydrogens is 354 g/mol. The van der Waals surface area contributed by atoms with Gasteiger partial charge in [-0.2, -0.15) is 0 Å². The summed E-state index contributed by atoms with van der Waals surface area (Å²) in [6, 6.07) is 9.29. The molecule has 1 amide bonds. The van der Waals surface area contributed by atoms with Crippen LogP contribution in [0.1, 0.15) is 22.2 Å². The molecule has 0 aliphatic rings. The number of nitrogens with one attached hydrogen (secondary N) is 1. The second-order valence-electron chi connectivity index (χ2n) is 4.20. The van der Waals surface area contributed by atoms with Crippen LogP contribution in [0.4, 0.5) is 0 Å². The van der Waals surface area contributed by atoms with Gasteiger partial charge in [0.25, 0.3) is 5.91 Å². The van der Waals surface area contributed by atoms with Crippen molar-refractivity contribution >= 4 is 33.2 Å². The van der Waals surface area contributed by atoms with Crippen LogP contribution in [-0.4, -0.2) is 19.6 Å². The van der Waals surface area contributed by atoms with E-state index in [1.165, 1.54) is 11.3 Å². The van der Waals surface area contributed by atoms with E-state index >= 15 is 0 Å². The molecule has 6 heteroatoms. The van der Waals surface area contributed by atoms with Gasteiger partial charge in [-0.05, 0) is 52.7 Å². The zero-order valence-corrected chi connectivity index (χ0v) is 14.2. The van der Waals surface area contributed by atoms with E-state index in [1.54, 1.807) is 13.2 Å². The molecule has 0 spiro atoms. The Kier molecular flexibility index (Phi) is 5.64. The fourth-order valence-electron chi connectivity index (χ4n) is 1.80. The molecule has 0 aliphatic carbocycles. The highest BCUT2D eigenvalue weighted by molar-refractivity contribution is 9.11. The van der Waals surface area contributed by atoms with Crippen LogP contribution in [0.25, 0.3) is 0 Å². The average molecular weight is 370 g/mol. The zero-order chi connectivity index (χ0) is 15.2. The topological polar surface area (TPSA) is 47.6 Å². The Hall–Kier alpha value is -1.53. The minimum Gasteiger partial charge on any atom is -0.493 e. The number of benzene rings is 1. The smallest absolute Gasteiger partial charge is 0.261 e. The van der Waals surface area contributed by atoms with Gasteiger partial charge in [0, 0.05) is 6.54 Å². The van der Waals surface area contributed by atoms with Crippen molar-refractivity contribution in [3.05, 3.63) is 44.6 Å². The van der Waals surface area contributed by atoms with E-state index in [9.17, 15) is 4.79 Å². The average Bonchev–Trinajstić information content (AvgIpc) is 2.92. The number of hydrogen-bond acceptors (Lipinski definition) is 4. The minimum atomic E-state index is -0.0847. The van der Waals surface area contributed by atoms with Crippen molar-refractivity contribution in [1.82, 2.24) is 5.32 Å². The van der Waals surface area contributed by atoms with E-state index in [4.69, 9.17) is 9.47 Å². The lowest BCUT2D eigenvalue weighted by atomic mass is 10.2. The first-order valence-electron chi connectivity index (χ1n) is 6.47. The van der Waals surface area contributed by atoms with Crippen molar-refractivity contribution in [2.75, 3.05) is 13.7 Å². The largest absolute Gasteiger partial charge is 0.493 e. The first-order chi connectivity index (χ1) is 10.1. The van der Waals surface area contributed by atoms with Gasteiger partial charge in [0.05, 0.1) is 22.4 Å². The molecule has 21 heavy (non-hydrogen) atoms. The van der Waals surface area contributed by atoms with Crippen LogP contribution in [0.3, 0.4) is 0 Å². The lowest BCUT2D eigenvalue weighted by molar-refractivity contribution is 0.0955. The summed E-state index contributed by atoms with van der Waals surface area (Å²) >= 11 is 4.75. The van der Waals surface area contributed by atoms with Gasteiger partial charge in [-0.25, -0.2) is 0 Å². The molecule has 2 aromatic rings. The Morgan fingerprint density at radius 3 is 2.71 bits per heavy atom. The summed E-state index contributed by atoms with van der Waals surface area (Å²) in [5, 5.41) is 2.89. The van der Waals surface area contributed by atoms with E-state index in [0.717, 1.165) is 9.35 Å².